The van der Waals surface area contributed by atoms with Gasteiger partial charge in [-0.2, -0.15) is 0 Å². The number of nitrogens with zero attached hydrogens (tertiary/aromatic N) is 1. The van der Waals surface area contributed by atoms with Crippen molar-refractivity contribution in [2.24, 2.45) is 0 Å². The molecule has 23 heavy (non-hydrogen) atoms. The van der Waals surface area contributed by atoms with Crippen molar-refractivity contribution in [3.8, 4) is 0 Å². The first-order chi connectivity index (χ1) is 10.5. The molecule has 0 aromatic heterocycles. The van der Waals surface area contributed by atoms with Crippen LogP contribution >= 0.6 is 22.6 Å². The lowest BCUT2D eigenvalue weighted by molar-refractivity contribution is -0.0797. The highest BCUT2D eigenvalue weighted by molar-refractivity contribution is 14.1. The van der Waals surface area contributed by atoms with Crippen LogP contribution in [0.1, 0.15) is 46.3 Å². The summed E-state index contributed by atoms with van der Waals surface area (Å²) in [5, 5.41) is 0. The second-order valence-electron chi connectivity index (χ2n) is 7.11. The molecule has 128 valence electrons. The molecule has 1 saturated heterocycles. The van der Waals surface area contributed by atoms with E-state index in [4.69, 9.17) is 9.47 Å². The van der Waals surface area contributed by atoms with Gasteiger partial charge in [-0.3, -0.25) is 4.90 Å². The fraction of sp³-hybridized carbons (Fsp3) is 0.588. The van der Waals surface area contributed by atoms with Crippen LogP contribution in [0.2, 0.25) is 0 Å². The lowest BCUT2D eigenvalue weighted by Gasteiger charge is -2.34. The van der Waals surface area contributed by atoms with Crippen molar-refractivity contribution in [3.63, 3.8) is 0 Å². The molecular weight excluding hydrogens is 412 g/mol. The summed E-state index contributed by atoms with van der Waals surface area (Å²) < 4.78 is 26.3. The van der Waals surface area contributed by atoms with Gasteiger partial charge in [0.15, 0.2) is 0 Å². The molecule has 2 atom stereocenters. The standard InChI is InChI=1S/C17H23FINO3/c1-16(2,3)23-15(21)20-13(10-18)14(22-17(20,4)5)11-6-8-12(19)9-7-11/h6-9,13-14H,10H2,1-5H3/t13-,14-/m1/s1. The van der Waals surface area contributed by atoms with Crippen LogP contribution in [0.5, 0.6) is 0 Å². The van der Waals surface area contributed by atoms with Crippen molar-refractivity contribution in [1.82, 2.24) is 4.90 Å². The van der Waals surface area contributed by atoms with Crippen LogP contribution in [0, 0.1) is 3.57 Å². The fourth-order valence-corrected chi connectivity index (χ4v) is 3.10. The van der Waals surface area contributed by atoms with E-state index < -0.39 is 36.2 Å². The zero-order chi connectivity index (χ0) is 17.4. The van der Waals surface area contributed by atoms with Crippen molar-refractivity contribution in [3.05, 3.63) is 33.4 Å². The minimum atomic E-state index is -0.938. The van der Waals surface area contributed by atoms with Gasteiger partial charge in [0.05, 0.1) is 6.04 Å². The van der Waals surface area contributed by atoms with E-state index in [0.29, 0.717) is 0 Å². The second kappa shape index (κ2) is 6.55. The molecular formula is C17H23FINO3. The van der Waals surface area contributed by atoms with Crippen molar-refractivity contribution < 1.29 is 18.7 Å². The number of hydrogen-bond donors (Lipinski definition) is 0. The van der Waals surface area contributed by atoms with Gasteiger partial charge in [0.1, 0.15) is 24.1 Å². The number of alkyl halides is 1. The van der Waals surface area contributed by atoms with Crippen LogP contribution < -0.4 is 0 Å². The highest BCUT2D eigenvalue weighted by Crippen LogP contribution is 2.42. The van der Waals surface area contributed by atoms with Crippen LogP contribution in [0.4, 0.5) is 9.18 Å². The van der Waals surface area contributed by atoms with Gasteiger partial charge in [-0.1, -0.05) is 12.1 Å². The number of rotatable bonds is 2. The molecule has 2 rings (SSSR count). The normalized spacial score (nSPS) is 23.9. The molecule has 0 N–H and O–H groups in total. The van der Waals surface area contributed by atoms with E-state index in [1.165, 1.54) is 4.90 Å². The third kappa shape index (κ3) is 4.15. The molecule has 0 unspecified atom stereocenters. The van der Waals surface area contributed by atoms with Gasteiger partial charge in [0, 0.05) is 3.57 Å². The maximum atomic E-state index is 13.8. The number of carbonyl (C=O) groups is 1. The average molecular weight is 435 g/mol. The number of benzene rings is 1. The summed E-state index contributed by atoms with van der Waals surface area (Å²) in [5.41, 5.74) is -0.728. The Morgan fingerprint density at radius 3 is 2.39 bits per heavy atom. The van der Waals surface area contributed by atoms with E-state index in [9.17, 15) is 9.18 Å². The molecule has 0 bridgehead atoms. The van der Waals surface area contributed by atoms with Crippen molar-refractivity contribution in [2.75, 3.05) is 6.67 Å². The Morgan fingerprint density at radius 2 is 1.91 bits per heavy atom. The predicted octanol–water partition coefficient (Wildman–Crippen LogP) is 4.67. The fourth-order valence-electron chi connectivity index (χ4n) is 2.74. The third-order valence-corrected chi connectivity index (χ3v) is 4.34. The number of amides is 1. The molecule has 1 aromatic rings. The minimum absolute atomic E-state index is 0.514. The first kappa shape index (κ1) is 18.4. The molecule has 6 heteroatoms. The SMILES string of the molecule is CC(C)(C)OC(=O)N1[C@H](CF)[C@@H](c2ccc(I)cc2)OC1(C)C. The number of carbonyl (C=O) groups excluding carboxylic acids is 1. The monoisotopic (exact) mass is 435 g/mol. The summed E-state index contributed by atoms with van der Waals surface area (Å²) in [6.07, 6.45) is -1.07. The smallest absolute Gasteiger partial charge is 0.413 e. The van der Waals surface area contributed by atoms with E-state index in [2.05, 4.69) is 22.6 Å². The number of ether oxygens (including phenoxy) is 2. The van der Waals surface area contributed by atoms with Gasteiger partial charge in [0.25, 0.3) is 0 Å². The molecule has 0 spiro atoms. The zero-order valence-electron chi connectivity index (χ0n) is 14.1. The Bertz CT molecular complexity index is 568. The second-order valence-corrected chi connectivity index (χ2v) is 8.35. The number of halogens is 2. The lowest BCUT2D eigenvalue weighted by atomic mass is 10.0. The lowest BCUT2D eigenvalue weighted by Crippen LogP contribution is -2.50. The minimum Gasteiger partial charge on any atom is -0.444 e. The summed E-state index contributed by atoms with van der Waals surface area (Å²) in [6.45, 7) is 8.18. The summed E-state index contributed by atoms with van der Waals surface area (Å²) in [7, 11) is 0. The van der Waals surface area contributed by atoms with Crippen LogP contribution in [0.25, 0.3) is 0 Å². The van der Waals surface area contributed by atoms with Crippen LogP contribution in [-0.2, 0) is 9.47 Å². The Kier molecular flexibility index (Phi) is 5.25. The van der Waals surface area contributed by atoms with Crippen molar-refractivity contribution in [1.29, 1.82) is 0 Å². The highest BCUT2D eigenvalue weighted by atomic mass is 127. The Hall–Kier alpha value is -0.890. The summed E-state index contributed by atoms with van der Waals surface area (Å²) in [6, 6.07) is 6.99. The Morgan fingerprint density at radius 1 is 1.35 bits per heavy atom. The molecule has 0 aliphatic carbocycles. The highest BCUT2D eigenvalue weighted by Gasteiger charge is 2.51. The average Bonchev–Trinajstić information content (AvgIpc) is 2.68. The van der Waals surface area contributed by atoms with Gasteiger partial charge >= 0.3 is 6.09 Å². The first-order valence-corrected chi connectivity index (χ1v) is 8.64. The molecule has 4 nitrogen and oxygen atoms in total. The van der Waals surface area contributed by atoms with Gasteiger partial charge in [-0.05, 0) is 74.9 Å². The van der Waals surface area contributed by atoms with Crippen LogP contribution in [0.3, 0.4) is 0 Å². The molecule has 1 aromatic carbocycles. The quantitative estimate of drug-likeness (QED) is 0.634. The molecule has 0 radical (unpaired) electrons. The number of hydrogen-bond acceptors (Lipinski definition) is 3. The molecule has 1 aliphatic heterocycles. The molecule has 1 amide bonds. The van der Waals surface area contributed by atoms with Gasteiger partial charge < -0.3 is 9.47 Å². The van der Waals surface area contributed by atoms with E-state index in [1.807, 2.05) is 24.3 Å². The Labute approximate surface area is 150 Å². The van der Waals surface area contributed by atoms with E-state index in [-0.39, 0.29) is 0 Å². The summed E-state index contributed by atoms with van der Waals surface area (Å²) in [5.74, 6) is 0. The van der Waals surface area contributed by atoms with Crippen LogP contribution in [0.15, 0.2) is 24.3 Å². The van der Waals surface area contributed by atoms with E-state index in [1.54, 1.807) is 34.6 Å². The summed E-state index contributed by atoms with van der Waals surface area (Å²) in [4.78, 5) is 13.9. The van der Waals surface area contributed by atoms with Gasteiger partial charge in [-0.25, -0.2) is 9.18 Å². The van der Waals surface area contributed by atoms with E-state index in [0.717, 1.165) is 9.13 Å². The van der Waals surface area contributed by atoms with Crippen molar-refractivity contribution >= 4 is 28.7 Å². The zero-order valence-corrected chi connectivity index (χ0v) is 16.3. The van der Waals surface area contributed by atoms with Crippen molar-refractivity contribution in [2.45, 2.75) is 58.1 Å². The molecule has 1 fully saturated rings. The predicted molar refractivity (Wildman–Crippen MR) is 94.9 cm³/mol. The molecule has 1 heterocycles. The first-order valence-electron chi connectivity index (χ1n) is 7.57. The largest absolute Gasteiger partial charge is 0.444 e. The Balaban J connectivity index is 2.32. The van der Waals surface area contributed by atoms with Gasteiger partial charge in [0.2, 0.25) is 0 Å². The molecule has 1 aliphatic rings. The molecule has 0 saturated carbocycles. The maximum absolute atomic E-state index is 13.8. The van der Waals surface area contributed by atoms with E-state index >= 15 is 0 Å². The topological polar surface area (TPSA) is 38.8 Å². The van der Waals surface area contributed by atoms with Crippen LogP contribution in [-0.4, -0.2) is 35.0 Å². The maximum Gasteiger partial charge on any atom is 0.413 e. The summed E-state index contributed by atoms with van der Waals surface area (Å²) >= 11 is 2.21. The van der Waals surface area contributed by atoms with Gasteiger partial charge in [-0.15, -0.1) is 0 Å². The third-order valence-electron chi connectivity index (χ3n) is 3.62.